The number of nitrogens with one attached hydrogen (secondary N) is 1. The van der Waals surface area contributed by atoms with Crippen molar-refractivity contribution in [3.63, 3.8) is 0 Å². The van der Waals surface area contributed by atoms with Gasteiger partial charge in [-0.2, -0.15) is 5.26 Å². The van der Waals surface area contributed by atoms with E-state index in [4.69, 9.17) is 26.3 Å². The number of carbonyl (C=O) groups excluding carboxylic acids is 1. The molecular formula is C14H11ClN2O3. The Morgan fingerprint density at radius 2 is 2.35 bits per heavy atom. The predicted molar refractivity (Wildman–Crippen MR) is 74.4 cm³/mol. The predicted octanol–water partition coefficient (Wildman–Crippen LogP) is 2.28. The van der Waals surface area contributed by atoms with Crippen molar-refractivity contribution in [1.82, 2.24) is 5.32 Å². The Hall–Kier alpha value is -2.45. The molecule has 0 aliphatic carbocycles. The van der Waals surface area contributed by atoms with Gasteiger partial charge in [0.25, 0.3) is 5.91 Å². The maximum Gasteiger partial charge on any atom is 0.262 e. The van der Waals surface area contributed by atoms with Gasteiger partial charge < -0.3 is 14.8 Å². The van der Waals surface area contributed by atoms with E-state index in [-0.39, 0.29) is 12.4 Å². The molecule has 0 saturated carbocycles. The Labute approximate surface area is 121 Å². The molecule has 1 N–H and O–H groups in total. The molecule has 0 atom stereocenters. The minimum absolute atomic E-state index is 0.0261. The molecule has 20 heavy (non-hydrogen) atoms. The summed E-state index contributed by atoms with van der Waals surface area (Å²) in [4.78, 5) is 11.7. The molecule has 5 nitrogen and oxygen atoms in total. The summed E-state index contributed by atoms with van der Waals surface area (Å²) in [5.41, 5.74) is 0.561. The first-order valence-electron chi connectivity index (χ1n) is 5.75. The van der Waals surface area contributed by atoms with Crippen LogP contribution in [0.1, 0.15) is 5.56 Å². The van der Waals surface area contributed by atoms with Crippen molar-refractivity contribution in [3.05, 3.63) is 40.9 Å². The van der Waals surface area contributed by atoms with E-state index in [1.165, 1.54) is 12.2 Å². The van der Waals surface area contributed by atoms with Gasteiger partial charge in [-0.1, -0.05) is 17.7 Å². The van der Waals surface area contributed by atoms with Crippen LogP contribution in [0.2, 0.25) is 5.02 Å². The number of fused-ring (bicyclic) bond motifs is 1. The quantitative estimate of drug-likeness (QED) is 0.524. The highest BCUT2D eigenvalue weighted by molar-refractivity contribution is 6.32. The van der Waals surface area contributed by atoms with Gasteiger partial charge in [0.05, 0.1) is 5.02 Å². The van der Waals surface area contributed by atoms with E-state index in [1.54, 1.807) is 12.1 Å². The monoisotopic (exact) mass is 290 g/mol. The van der Waals surface area contributed by atoms with E-state index in [0.29, 0.717) is 28.6 Å². The lowest BCUT2D eigenvalue weighted by Crippen LogP contribution is -2.24. The van der Waals surface area contributed by atoms with Crippen molar-refractivity contribution in [2.24, 2.45) is 0 Å². The van der Waals surface area contributed by atoms with Crippen molar-refractivity contribution in [3.8, 4) is 17.6 Å². The summed E-state index contributed by atoms with van der Waals surface area (Å²) in [5.74, 6) is 0.493. The van der Waals surface area contributed by atoms with Gasteiger partial charge in [0.1, 0.15) is 11.6 Å². The first-order chi connectivity index (χ1) is 9.65. The number of ether oxygens (including phenoxy) is 2. The number of nitriles is 1. The van der Waals surface area contributed by atoms with Gasteiger partial charge in [-0.3, -0.25) is 4.79 Å². The van der Waals surface area contributed by atoms with E-state index in [0.717, 1.165) is 0 Å². The summed E-state index contributed by atoms with van der Waals surface area (Å²) >= 11 is 6.03. The zero-order valence-corrected chi connectivity index (χ0v) is 11.2. The molecule has 0 unspecified atom stereocenters. The molecule has 1 heterocycles. The first-order valence-corrected chi connectivity index (χ1v) is 6.13. The normalized spacial score (nSPS) is 12.7. The summed E-state index contributed by atoms with van der Waals surface area (Å²) < 4.78 is 10.4. The number of hydrogen-bond acceptors (Lipinski definition) is 4. The Kier molecular flexibility index (Phi) is 4.28. The number of nitrogens with zero attached hydrogens (tertiary/aromatic N) is 1. The topological polar surface area (TPSA) is 71.4 Å². The molecule has 1 aliphatic rings. The van der Waals surface area contributed by atoms with Crippen LogP contribution in [0.25, 0.3) is 6.08 Å². The van der Waals surface area contributed by atoms with Gasteiger partial charge in [-0.15, -0.1) is 6.58 Å². The third kappa shape index (κ3) is 2.92. The van der Waals surface area contributed by atoms with E-state index in [9.17, 15) is 4.79 Å². The highest BCUT2D eigenvalue weighted by Crippen LogP contribution is 2.40. The third-order valence-electron chi connectivity index (χ3n) is 2.53. The first kappa shape index (κ1) is 14.0. The lowest BCUT2D eigenvalue weighted by atomic mass is 10.1. The van der Waals surface area contributed by atoms with Crippen LogP contribution in [-0.2, 0) is 4.79 Å². The molecule has 0 fully saturated rings. The number of carbonyl (C=O) groups is 1. The molecule has 1 amide bonds. The van der Waals surface area contributed by atoms with Crippen molar-refractivity contribution < 1.29 is 14.3 Å². The van der Waals surface area contributed by atoms with Crippen LogP contribution in [-0.4, -0.2) is 19.2 Å². The number of amides is 1. The van der Waals surface area contributed by atoms with Crippen molar-refractivity contribution in [2.45, 2.75) is 0 Å². The average Bonchev–Trinajstić information content (AvgIpc) is 2.91. The van der Waals surface area contributed by atoms with Gasteiger partial charge >= 0.3 is 0 Å². The Morgan fingerprint density at radius 3 is 3.05 bits per heavy atom. The SMILES string of the molecule is C=CCNC(=O)/C(C#N)=C/c1cc(Cl)c2c(c1)OCO2. The minimum atomic E-state index is -0.471. The third-order valence-corrected chi connectivity index (χ3v) is 2.81. The van der Waals surface area contributed by atoms with Gasteiger partial charge in [-0.05, 0) is 23.8 Å². The largest absolute Gasteiger partial charge is 0.454 e. The fourth-order valence-electron chi connectivity index (χ4n) is 1.65. The van der Waals surface area contributed by atoms with Crippen LogP contribution < -0.4 is 14.8 Å². The van der Waals surface area contributed by atoms with Crippen LogP contribution in [0.5, 0.6) is 11.5 Å². The van der Waals surface area contributed by atoms with Crippen LogP contribution in [0.3, 0.4) is 0 Å². The highest BCUT2D eigenvalue weighted by atomic mass is 35.5. The molecule has 2 rings (SSSR count). The Balaban J connectivity index is 2.29. The van der Waals surface area contributed by atoms with Crippen molar-refractivity contribution >= 4 is 23.6 Å². The number of benzene rings is 1. The number of hydrogen-bond donors (Lipinski definition) is 1. The van der Waals surface area contributed by atoms with Gasteiger partial charge in [0.2, 0.25) is 6.79 Å². The lowest BCUT2D eigenvalue weighted by molar-refractivity contribution is -0.116. The second-order valence-corrected chi connectivity index (χ2v) is 4.31. The van der Waals surface area contributed by atoms with Crippen molar-refractivity contribution in [2.75, 3.05) is 13.3 Å². The average molecular weight is 291 g/mol. The van der Waals surface area contributed by atoms with Crippen LogP contribution in [0.15, 0.2) is 30.4 Å². The molecule has 0 radical (unpaired) electrons. The molecule has 0 aromatic heterocycles. The summed E-state index contributed by atoms with van der Waals surface area (Å²) in [6.07, 6.45) is 2.97. The Morgan fingerprint density at radius 1 is 1.55 bits per heavy atom. The minimum Gasteiger partial charge on any atom is -0.454 e. The molecule has 1 aliphatic heterocycles. The van der Waals surface area contributed by atoms with E-state index in [1.807, 2.05) is 6.07 Å². The fourth-order valence-corrected chi connectivity index (χ4v) is 1.92. The molecule has 0 bridgehead atoms. The molecule has 6 heteroatoms. The zero-order valence-electron chi connectivity index (χ0n) is 10.5. The molecule has 1 aromatic rings. The molecule has 0 spiro atoms. The maximum absolute atomic E-state index is 11.7. The maximum atomic E-state index is 11.7. The van der Waals surface area contributed by atoms with Gasteiger partial charge in [-0.25, -0.2) is 0 Å². The standard InChI is InChI=1S/C14H11ClN2O3/c1-2-3-17-14(18)10(7-16)4-9-5-11(15)13-12(6-9)19-8-20-13/h2,4-6H,1,3,8H2,(H,17,18)/b10-4+. The molecular weight excluding hydrogens is 280 g/mol. The molecule has 1 aromatic carbocycles. The second kappa shape index (κ2) is 6.13. The molecule has 0 saturated heterocycles. The summed E-state index contributed by atoms with van der Waals surface area (Å²) in [6.45, 7) is 3.88. The van der Waals surface area contributed by atoms with Crippen LogP contribution in [0, 0.1) is 11.3 Å². The zero-order chi connectivity index (χ0) is 14.5. The summed E-state index contributed by atoms with van der Waals surface area (Å²) in [5, 5.41) is 11.9. The van der Waals surface area contributed by atoms with Crippen LogP contribution >= 0.6 is 11.6 Å². The lowest BCUT2D eigenvalue weighted by Gasteiger charge is -2.03. The summed E-state index contributed by atoms with van der Waals surface area (Å²) in [7, 11) is 0. The Bertz CT molecular complexity index is 632. The fraction of sp³-hybridized carbons (Fsp3) is 0.143. The van der Waals surface area contributed by atoms with E-state index >= 15 is 0 Å². The van der Waals surface area contributed by atoms with Crippen LogP contribution in [0.4, 0.5) is 0 Å². The smallest absolute Gasteiger partial charge is 0.262 e. The number of rotatable bonds is 4. The summed E-state index contributed by atoms with van der Waals surface area (Å²) in [6, 6.07) is 5.11. The highest BCUT2D eigenvalue weighted by Gasteiger charge is 2.18. The van der Waals surface area contributed by atoms with Crippen molar-refractivity contribution in [1.29, 1.82) is 5.26 Å². The van der Waals surface area contributed by atoms with Gasteiger partial charge in [0, 0.05) is 6.54 Å². The van der Waals surface area contributed by atoms with E-state index < -0.39 is 5.91 Å². The second-order valence-electron chi connectivity index (χ2n) is 3.91. The van der Waals surface area contributed by atoms with E-state index in [2.05, 4.69) is 11.9 Å². The van der Waals surface area contributed by atoms with Gasteiger partial charge in [0.15, 0.2) is 11.5 Å². The number of halogens is 1. The molecule has 102 valence electrons.